The number of pyridine rings is 1. The van der Waals surface area contributed by atoms with Gasteiger partial charge in [-0.2, -0.15) is 0 Å². The lowest BCUT2D eigenvalue weighted by molar-refractivity contribution is -0.145. The third-order valence-electron chi connectivity index (χ3n) is 3.81. The first-order valence-electron chi connectivity index (χ1n) is 6.64. The van der Waals surface area contributed by atoms with Gasteiger partial charge in [0.25, 0.3) is 0 Å². The van der Waals surface area contributed by atoms with Crippen LogP contribution in [0.25, 0.3) is 0 Å². The number of nitrogens with one attached hydrogen (secondary N) is 1. The summed E-state index contributed by atoms with van der Waals surface area (Å²) in [6, 6.07) is 1.40. The van der Waals surface area contributed by atoms with Crippen LogP contribution in [0.3, 0.4) is 0 Å². The van der Waals surface area contributed by atoms with Gasteiger partial charge in [0.1, 0.15) is 11.4 Å². The summed E-state index contributed by atoms with van der Waals surface area (Å²) in [7, 11) is 0. The Bertz CT molecular complexity index is 461. The summed E-state index contributed by atoms with van der Waals surface area (Å²) in [4.78, 5) is 15.3. The van der Waals surface area contributed by atoms with E-state index in [-0.39, 0.29) is 6.04 Å². The molecule has 1 atom stereocenters. The quantitative estimate of drug-likeness (QED) is 0.878. The molecule has 2 rings (SSSR count). The molecule has 0 amide bonds. The van der Waals surface area contributed by atoms with E-state index >= 15 is 0 Å². The zero-order chi connectivity index (χ0) is 13.9. The second-order valence-corrected chi connectivity index (χ2v) is 5.30. The molecule has 0 aromatic carbocycles. The molecule has 1 saturated carbocycles. The van der Waals surface area contributed by atoms with Crippen molar-refractivity contribution < 1.29 is 14.3 Å². The van der Waals surface area contributed by atoms with Crippen molar-refractivity contribution in [2.45, 2.75) is 50.6 Å². The summed E-state index contributed by atoms with van der Waals surface area (Å²) in [5.74, 6) is -1.53. The molecule has 19 heavy (non-hydrogen) atoms. The van der Waals surface area contributed by atoms with Crippen LogP contribution >= 0.6 is 0 Å². The Kier molecular flexibility index (Phi) is 4.14. The number of halogens is 1. The monoisotopic (exact) mass is 266 g/mol. The van der Waals surface area contributed by atoms with Crippen LogP contribution in [0.4, 0.5) is 4.39 Å². The molecule has 1 aliphatic rings. The molecule has 2 N–H and O–H groups in total. The summed E-state index contributed by atoms with van der Waals surface area (Å²) < 4.78 is 13.3. The van der Waals surface area contributed by atoms with Gasteiger partial charge in [0.15, 0.2) is 0 Å². The summed E-state index contributed by atoms with van der Waals surface area (Å²) in [5.41, 5.74) is -0.942. The zero-order valence-corrected chi connectivity index (χ0v) is 11.0. The van der Waals surface area contributed by atoms with E-state index in [9.17, 15) is 14.3 Å². The Morgan fingerprint density at radius 3 is 2.68 bits per heavy atom. The first kappa shape index (κ1) is 13.9. The first-order valence-corrected chi connectivity index (χ1v) is 6.64. The highest BCUT2D eigenvalue weighted by molar-refractivity contribution is 5.80. The average molecular weight is 266 g/mol. The minimum absolute atomic E-state index is 0.165. The molecule has 1 aromatic heterocycles. The largest absolute Gasteiger partial charge is 0.480 e. The molecular formula is C14H19FN2O2. The fourth-order valence-corrected chi connectivity index (χ4v) is 2.61. The molecule has 5 heteroatoms. The number of aliphatic carboxylic acids is 1. The number of rotatable bonds is 4. The van der Waals surface area contributed by atoms with E-state index in [2.05, 4.69) is 10.3 Å². The van der Waals surface area contributed by atoms with Crippen molar-refractivity contribution in [3.63, 3.8) is 0 Å². The lowest BCUT2D eigenvalue weighted by Gasteiger charge is -2.33. The van der Waals surface area contributed by atoms with Crippen LogP contribution in [0, 0.1) is 5.82 Å². The Hall–Kier alpha value is -1.49. The average Bonchev–Trinajstić information content (AvgIpc) is 2.39. The van der Waals surface area contributed by atoms with E-state index in [0.717, 1.165) is 31.9 Å². The molecule has 0 aliphatic heterocycles. The number of carbonyl (C=O) groups is 1. The molecule has 104 valence electrons. The highest BCUT2D eigenvalue weighted by atomic mass is 19.1. The summed E-state index contributed by atoms with van der Waals surface area (Å²) >= 11 is 0. The van der Waals surface area contributed by atoms with Crippen LogP contribution in [-0.2, 0) is 10.3 Å². The molecule has 0 saturated heterocycles. The van der Waals surface area contributed by atoms with E-state index in [1.807, 2.05) is 0 Å². The smallest absolute Gasteiger partial charge is 0.328 e. The van der Waals surface area contributed by atoms with Crippen molar-refractivity contribution in [3.8, 4) is 0 Å². The van der Waals surface area contributed by atoms with Gasteiger partial charge in [0.05, 0.1) is 6.20 Å². The van der Waals surface area contributed by atoms with Crippen LogP contribution < -0.4 is 5.32 Å². The van der Waals surface area contributed by atoms with Crippen LogP contribution in [0.1, 0.15) is 44.6 Å². The second-order valence-electron chi connectivity index (χ2n) is 5.30. The molecule has 0 radical (unpaired) electrons. The van der Waals surface area contributed by atoms with Gasteiger partial charge < -0.3 is 5.11 Å². The van der Waals surface area contributed by atoms with Gasteiger partial charge >= 0.3 is 5.97 Å². The zero-order valence-electron chi connectivity index (χ0n) is 11.0. The summed E-state index contributed by atoms with van der Waals surface area (Å²) in [6.45, 7) is 1.57. The summed E-state index contributed by atoms with van der Waals surface area (Å²) in [5, 5.41) is 12.7. The standard InChI is InChI=1S/C14H19FN2O2/c1-14(13(18)19,10-7-11(15)9-16-8-10)17-12-5-3-2-4-6-12/h7-9,12,17H,2-6H2,1H3,(H,18,19). The van der Waals surface area contributed by atoms with Gasteiger partial charge in [0, 0.05) is 17.8 Å². The lowest BCUT2D eigenvalue weighted by atomic mass is 9.88. The number of carboxylic acids is 1. The van der Waals surface area contributed by atoms with Gasteiger partial charge in [-0.05, 0) is 25.8 Å². The molecule has 1 fully saturated rings. The van der Waals surface area contributed by atoms with Crippen molar-refractivity contribution >= 4 is 5.97 Å². The van der Waals surface area contributed by atoms with E-state index in [0.29, 0.717) is 5.56 Å². The maximum absolute atomic E-state index is 13.3. The van der Waals surface area contributed by atoms with Crippen LogP contribution in [0.15, 0.2) is 18.5 Å². The van der Waals surface area contributed by atoms with E-state index in [1.54, 1.807) is 6.92 Å². The van der Waals surface area contributed by atoms with Crippen molar-refractivity contribution in [1.29, 1.82) is 0 Å². The van der Waals surface area contributed by atoms with E-state index in [4.69, 9.17) is 0 Å². The topological polar surface area (TPSA) is 62.2 Å². The molecule has 4 nitrogen and oxygen atoms in total. The first-order chi connectivity index (χ1) is 9.02. The van der Waals surface area contributed by atoms with E-state index in [1.165, 1.54) is 18.7 Å². The highest BCUT2D eigenvalue weighted by Crippen LogP contribution is 2.26. The Morgan fingerprint density at radius 1 is 1.42 bits per heavy atom. The van der Waals surface area contributed by atoms with Gasteiger partial charge in [-0.3, -0.25) is 10.3 Å². The van der Waals surface area contributed by atoms with Crippen molar-refractivity contribution in [2.24, 2.45) is 0 Å². The predicted octanol–water partition coefficient (Wildman–Crippen LogP) is 2.44. The third kappa shape index (κ3) is 3.10. The number of hydrogen-bond acceptors (Lipinski definition) is 3. The third-order valence-corrected chi connectivity index (χ3v) is 3.81. The molecule has 1 unspecified atom stereocenters. The molecule has 0 spiro atoms. The van der Waals surface area contributed by atoms with Crippen LogP contribution in [-0.4, -0.2) is 22.1 Å². The molecule has 1 aromatic rings. The Morgan fingerprint density at radius 2 is 2.11 bits per heavy atom. The maximum atomic E-state index is 13.3. The summed E-state index contributed by atoms with van der Waals surface area (Å²) in [6.07, 6.45) is 7.82. The molecule has 1 heterocycles. The Balaban J connectivity index is 2.24. The second kappa shape index (κ2) is 5.65. The minimum atomic E-state index is -1.29. The van der Waals surface area contributed by atoms with Gasteiger partial charge in [-0.15, -0.1) is 0 Å². The maximum Gasteiger partial charge on any atom is 0.328 e. The van der Waals surface area contributed by atoms with Gasteiger partial charge in [-0.1, -0.05) is 19.3 Å². The van der Waals surface area contributed by atoms with Crippen molar-refractivity contribution in [1.82, 2.24) is 10.3 Å². The Labute approximate surface area is 112 Å². The van der Waals surface area contributed by atoms with Crippen LogP contribution in [0.2, 0.25) is 0 Å². The van der Waals surface area contributed by atoms with E-state index < -0.39 is 17.3 Å². The van der Waals surface area contributed by atoms with Crippen molar-refractivity contribution in [3.05, 3.63) is 29.8 Å². The molecular weight excluding hydrogens is 247 g/mol. The normalized spacial score (nSPS) is 19.9. The number of aromatic nitrogens is 1. The number of carboxylic acid groups (broad SMARTS) is 1. The highest BCUT2D eigenvalue weighted by Gasteiger charge is 2.37. The minimum Gasteiger partial charge on any atom is -0.480 e. The number of hydrogen-bond donors (Lipinski definition) is 2. The SMILES string of the molecule is CC(NC1CCCCC1)(C(=O)O)c1cncc(F)c1. The number of nitrogens with zero attached hydrogens (tertiary/aromatic N) is 1. The van der Waals surface area contributed by atoms with Gasteiger partial charge in [-0.25, -0.2) is 9.18 Å². The van der Waals surface area contributed by atoms with Crippen LogP contribution in [0.5, 0.6) is 0 Å². The molecule has 1 aliphatic carbocycles. The molecule has 0 bridgehead atoms. The fraction of sp³-hybridized carbons (Fsp3) is 0.571. The fourth-order valence-electron chi connectivity index (χ4n) is 2.61. The van der Waals surface area contributed by atoms with Gasteiger partial charge in [0.2, 0.25) is 0 Å². The van der Waals surface area contributed by atoms with Crippen molar-refractivity contribution in [2.75, 3.05) is 0 Å². The lowest BCUT2D eigenvalue weighted by Crippen LogP contribution is -2.52. The predicted molar refractivity (Wildman–Crippen MR) is 69.2 cm³/mol.